The number of hydrogen-bond donors (Lipinski definition) is 1. The first-order valence-electron chi connectivity index (χ1n) is 8.35. The molecule has 2 heteroatoms. The van der Waals surface area contributed by atoms with Gasteiger partial charge in [0.25, 0.3) is 0 Å². The molecule has 0 saturated heterocycles. The smallest absolute Gasteiger partial charge is 0.0518 e. The fourth-order valence-electron chi connectivity index (χ4n) is 2.38. The zero-order valence-electron chi connectivity index (χ0n) is 14.5. The minimum Gasteiger partial charge on any atom is -0.379 e. The summed E-state index contributed by atoms with van der Waals surface area (Å²) in [6.45, 7) is 13.9. The molecule has 0 heterocycles. The Morgan fingerprint density at radius 1 is 1.00 bits per heavy atom. The summed E-state index contributed by atoms with van der Waals surface area (Å²) < 4.78 is 5.73. The van der Waals surface area contributed by atoms with Crippen molar-refractivity contribution in [3.05, 3.63) is 35.4 Å². The monoisotopic (exact) mass is 291 g/mol. The summed E-state index contributed by atoms with van der Waals surface area (Å²) >= 11 is 0. The second kappa shape index (κ2) is 9.97. The van der Waals surface area contributed by atoms with Crippen molar-refractivity contribution in [2.45, 2.75) is 53.6 Å². The van der Waals surface area contributed by atoms with Crippen molar-refractivity contribution in [3.8, 4) is 0 Å². The van der Waals surface area contributed by atoms with Crippen LogP contribution in [0.5, 0.6) is 0 Å². The molecule has 0 spiro atoms. The van der Waals surface area contributed by atoms with Gasteiger partial charge in [0.1, 0.15) is 0 Å². The van der Waals surface area contributed by atoms with Crippen LogP contribution in [0.25, 0.3) is 0 Å². The summed E-state index contributed by atoms with van der Waals surface area (Å²) in [7, 11) is 0. The predicted octanol–water partition coefficient (Wildman–Crippen LogP) is 4.21. The number of rotatable bonds is 10. The lowest BCUT2D eigenvalue weighted by Gasteiger charge is -2.19. The van der Waals surface area contributed by atoms with E-state index >= 15 is 0 Å². The van der Waals surface area contributed by atoms with E-state index in [1.165, 1.54) is 11.1 Å². The molecule has 0 fully saturated rings. The minimum atomic E-state index is 0.327. The Kier molecular flexibility index (Phi) is 8.63. The molecule has 0 saturated carbocycles. The van der Waals surface area contributed by atoms with Crippen LogP contribution in [0.1, 0.15) is 45.2 Å². The molecule has 0 aliphatic carbocycles. The molecule has 0 aliphatic heterocycles. The van der Waals surface area contributed by atoms with Gasteiger partial charge in [0.2, 0.25) is 0 Å². The third kappa shape index (κ3) is 8.90. The average molecular weight is 291 g/mol. The maximum atomic E-state index is 5.73. The van der Waals surface area contributed by atoms with Crippen molar-refractivity contribution < 1.29 is 4.74 Å². The lowest BCUT2D eigenvalue weighted by molar-refractivity contribution is 0.0682. The number of benzene rings is 1. The van der Waals surface area contributed by atoms with Crippen molar-refractivity contribution in [1.82, 2.24) is 5.32 Å². The van der Waals surface area contributed by atoms with Crippen LogP contribution in [0.3, 0.4) is 0 Å². The van der Waals surface area contributed by atoms with Crippen molar-refractivity contribution in [3.63, 3.8) is 0 Å². The molecule has 21 heavy (non-hydrogen) atoms. The molecule has 1 unspecified atom stereocenters. The second-order valence-corrected chi connectivity index (χ2v) is 6.82. The molecule has 1 aromatic rings. The maximum absolute atomic E-state index is 5.73. The molecule has 0 radical (unpaired) electrons. The fraction of sp³-hybridized carbons (Fsp3) is 0.684. The Hall–Kier alpha value is -0.860. The van der Waals surface area contributed by atoms with E-state index < -0.39 is 0 Å². The van der Waals surface area contributed by atoms with Crippen molar-refractivity contribution in [1.29, 1.82) is 0 Å². The van der Waals surface area contributed by atoms with Gasteiger partial charge in [-0.2, -0.15) is 0 Å². The fourth-order valence-corrected chi connectivity index (χ4v) is 2.38. The molecular weight excluding hydrogens is 258 g/mol. The van der Waals surface area contributed by atoms with E-state index in [0.717, 1.165) is 32.5 Å². The van der Waals surface area contributed by atoms with E-state index in [1.807, 2.05) is 0 Å². The van der Waals surface area contributed by atoms with Crippen molar-refractivity contribution >= 4 is 0 Å². The van der Waals surface area contributed by atoms with Crippen molar-refractivity contribution in [2.24, 2.45) is 11.8 Å². The maximum Gasteiger partial charge on any atom is 0.0518 e. The quantitative estimate of drug-likeness (QED) is 0.697. The summed E-state index contributed by atoms with van der Waals surface area (Å²) in [6, 6.07) is 8.93. The highest BCUT2D eigenvalue weighted by Crippen LogP contribution is 2.14. The summed E-state index contributed by atoms with van der Waals surface area (Å²) in [5.74, 6) is 1.35. The van der Waals surface area contributed by atoms with Crippen LogP contribution in [-0.4, -0.2) is 25.8 Å². The van der Waals surface area contributed by atoms with E-state index in [1.54, 1.807) is 0 Å². The van der Waals surface area contributed by atoms with Crippen LogP contribution in [0.2, 0.25) is 0 Å². The van der Waals surface area contributed by atoms with E-state index in [2.05, 4.69) is 64.2 Å². The molecule has 1 atom stereocenters. The van der Waals surface area contributed by atoms with Gasteiger partial charge in [0, 0.05) is 6.61 Å². The summed E-state index contributed by atoms with van der Waals surface area (Å²) in [5, 5.41) is 3.60. The number of nitrogens with one attached hydrogen (secondary N) is 1. The van der Waals surface area contributed by atoms with Gasteiger partial charge in [-0.25, -0.2) is 0 Å². The molecule has 0 aliphatic rings. The normalized spacial score (nSPS) is 13.1. The van der Waals surface area contributed by atoms with Crippen LogP contribution in [-0.2, 0) is 11.2 Å². The second-order valence-electron chi connectivity index (χ2n) is 6.82. The lowest BCUT2D eigenvalue weighted by Crippen LogP contribution is -2.28. The standard InChI is InChI=1S/C19H33NO/c1-15(2)13-20-14-19(10-11-21-16(3)4)12-18-8-6-17(5)7-9-18/h6-9,15-16,19-20H,10-14H2,1-5H3. The highest BCUT2D eigenvalue weighted by molar-refractivity contribution is 5.21. The molecule has 1 N–H and O–H groups in total. The molecule has 0 aromatic heterocycles. The highest BCUT2D eigenvalue weighted by Gasteiger charge is 2.10. The summed E-state index contributed by atoms with van der Waals surface area (Å²) in [5.41, 5.74) is 2.76. The van der Waals surface area contributed by atoms with Crippen LogP contribution in [0.4, 0.5) is 0 Å². The van der Waals surface area contributed by atoms with Gasteiger partial charge in [0.15, 0.2) is 0 Å². The van der Waals surface area contributed by atoms with Gasteiger partial charge in [-0.15, -0.1) is 0 Å². The molecule has 0 bridgehead atoms. The first-order chi connectivity index (χ1) is 9.97. The SMILES string of the molecule is Cc1ccc(CC(CCOC(C)C)CNCC(C)C)cc1. The summed E-state index contributed by atoms with van der Waals surface area (Å²) in [6.07, 6.45) is 2.58. The topological polar surface area (TPSA) is 21.3 Å². The minimum absolute atomic E-state index is 0.327. The largest absolute Gasteiger partial charge is 0.379 e. The zero-order chi connectivity index (χ0) is 15.7. The first-order valence-corrected chi connectivity index (χ1v) is 8.35. The van der Waals surface area contributed by atoms with Gasteiger partial charge >= 0.3 is 0 Å². The van der Waals surface area contributed by atoms with Gasteiger partial charge in [-0.3, -0.25) is 0 Å². The van der Waals surface area contributed by atoms with Crippen LogP contribution < -0.4 is 5.32 Å². The van der Waals surface area contributed by atoms with Gasteiger partial charge in [-0.1, -0.05) is 43.7 Å². The van der Waals surface area contributed by atoms with E-state index in [9.17, 15) is 0 Å². The predicted molar refractivity (Wildman–Crippen MR) is 91.8 cm³/mol. The zero-order valence-corrected chi connectivity index (χ0v) is 14.5. The average Bonchev–Trinajstić information content (AvgIpc) is 2.40. The summed E-state index contributed by atoms with van der Waals surface area (Å²) in [4.78, 5) is 0. The third-order valence-corrected chi connectivity index (χ3v) is 3.61. The van der Waals surface area contributed by atoms with Crippen LogP contribution in [0.15, 0.2) is 24.3 Å². The number of hydrogen-bond acceptors (Lipinski definition) is 2. The molecule has 1 aromatic carbocycles. The third-order valence-electron chi connectivity index (χ3n) is 3.61. The van der Waals surface area contributed by atoms with Gasteiger partial charge in [-0.05, 0) is 64.1 Å². The van der Waals surface area contributed by atoms with Crippen LogP contribution >= 0.6 is 0 Å². The van der Waals surface area contributed by atoms with Gasteiger partial charge in [0.05, 0.1) is 6.10 Å². The molecular formula is C19H33NO. The first kappa shape index (κ1) is 18.2. The number of aryl methyl sites for hydroxylation is 1. The van der Waals surface area contributed by atoms with E-state index in [4.69, 9.17) is 4.74 Å². The Bertz CT molecular complexity index is 356. The Balaban J connectivity index is 2.47. The molecule has 0 amide bonds. The molecule has 120 valence electrons. The Labute approximate surface area is 131 Å². The van der Waals surface area contributed by atoms with Crippen LogP contribution in [0, 0.1) is 18.8 Å². The number of ether oxygens (including phenoxy) is 1. The Morgan fingerprint density at radius 3 is 2.24 bits per heavy atom. The highest BCUT2D eigenvalue weighted by atomic mass is 16.5. The molecule has 1 rings (SSSR count). The van der Waals surface area contributed by atoms with E-state index in [-0.39, 0.29) is 0 Å². The lowest BCUT2D eigenvalue weighted by atomic mass is 9.95. The van der Waals surface area contributed by atoms with Gasteiger partial charge < -0.3 is 10.1 Å². The molecule has 2 nitrogen and oxygen atoms in total. The van der Waals surface area contributed by atoms with E-state index in [0.29, 0.717) is 17.9 Å². The van der Waals surface area contributed by atoms with Crippen molar-refractivity contribution in [2.75, 3.05) is 19.7 Å². The Morgan fingerprint density at radius 2 is 1.67 bits per heavy atom.